The highest BCUT2D eigenvalue weighted by molar-refractivity contribution is 6.02. The average molecular weight is 494 g/mol. The first-order valence-corrected chi connectivity index (χ1v) is 12.6. The van der Waals surface area contributed by atoms with Gasteiger partial charge in [-0.3, -0.25) is 4.79 Å². The number of rotatable bonds is 6. The highest BCUT2D eigenvalue weighted by Gasteiger charge is 2.28. The zero-order valence-corrected chi connectivity index (χ0v) is 20.3. The van der Waals surface area contributed by atoms with Crippen LogP contribution in [0.5, 0.6) is 17.2 Å². The van der Waals surface area contributed by atoms with Crippen LogP contribution in [-0.4, -0.2) is 66.0 Å². The summed E-state index contributed by atoms with van der Waals surface area (Å²) in [5.41, 5.74) is 1.71. The summed E-state index contributed by atoms with van der Waals surface area (Å²) >= 11 is 0. The van der Waals surface area contributed by atoms with Crippen molar-refractivity contribution in [1.29, 1.82) is 5.41 Å². The molecule has 3 heterocycles. The molecule has 5 rings (SSSR count). The molecule has 0 radical (unpaired) electrons. The Morgan fingerprint density at radius 3 is 2.69 bits per heavy atom. The number of likely N-dealkylation sites (tertiary alicyclic amines) is 2. The Labute approximate surface area is 210 Å². The Balaban J connectivity index is 1.10. The third-order valence-corrected chi connectivity index (χ3v) is 7.41. The van der Waals surface area contributed by atoms with Crippen LogP contribution in [0, 0.1) is 23.1 Å². The van der Waals surface area contributed by atoms with Gasteiger partial charge in [0.2, 0.25) is 12.7 Å². The lowest BCUT2D eigenvalue weighted by Crippen LogP contribution is -2.45. The Hall–Kier alpha value is -3.39. The van der Waals surface area contributed by atoms with Gasteiger partial charge >= 0.3 is 0 Å². The van der Waals surface area contributed by atoms with Gasteiger partial charge in [-0.25, -0.2) is 4.39 Å². The second-order valence-corrected chi connectivity index (χ2v) is 9.89. The fourth-order valence-corrected chi connectivity index (χ4v) is 5.43. The summed E-state index contributed by atoms with van der Waals surface area (Å²) in [5.74, 6) is 1.29. The summed E-state index contributed by atoms with van der Waals surface area (Å²) in [6.45, 7) is 4.46. The Bertz CT molecular complexity index is 1160. The van der Waals surface area contributed by atoms with Crippen LogP contribution in [0.1, 0.15) is 36.8 Å². The monoisotopic (exact) mass is 493 g/mol. The van der Waals surface area contributed by atoms with Gasteiger partial charge in [-0.15, -0.1) is 0 Å². The predicted octanol–water partition coefficient (Wildman–Crippen LogP) is 4.29. The molecule has 8 heteroatoms. The maximum atomic E-state index is 13.3. The van der Waals surface area contributed by atoms with E-state index in [0.717, 1.165) is 75.8 Å². The largest absolute Gasteiger partial charge is 0.507 e. The molecule has 0 aliphatic carbocycles. The molecule has 36 heavy (non-hydrogen) atoms. The summed E-state index contributed by atoms with van der Waals surface area (Å²) in [5, 5.41) is 18.5. The molecule has 2 aromatic rings. The van der Waals surface area contributed by atoms with Gasteiger partial charge in [0.25, 0.3) is 0 Å². The van der Waals surface area contributed by atoms with Crippen LogP contribution < -0.4 is 9.47 Å². The third-order valence-electron chi connectivity index (χ3n) is 7.41. The van der Waals surface area contributed by atoms with E-state index >= 15 is 0 Å². The second kappa shape index (κ2) is 10.7. The van der Waals surface area contributed by atoms with Crippen molar-refractivity contribution >= 4 is 17.7 Å². The number of ether oxygens (including phenoxy) is 2. The van der Waals surface area contributed by atoms with Crippen LogP contribution >= 0.6 is 0 Å². The van der Waals surface area contributed by atoms with E-state index in [4.69, 9.17) is 14.9 Å². The van der Waals surface area contributed by atoms with Gasteiger partial charge < -0.3 is 29.8 Å². The molecule has 1 unspecified atom stereocenters. The fraction of sp³-hybridized carbons (Fsp3) is 0.429. The molecular formula is C28H32FN3O4. The highest BCUT2D eigenvalue weighted by atomic mass is 19.1. The molecular weight excluding hydrogens is 461 g/mol. The first-order chi connectivity index (χ1) is 17.5. The van der Waals surface area contributed by atoms with E-state index < -0.39 is 5.82 Å². The molecule has 0 saturated carbocycles. The van der Waals surface area contributed by atoms with E-state index in [1.807, 2.05) is 29.2 Å². The lowest BCUT2D eigenvalue weighted by molar-refractivity contribution is -0.127. The Kier molecular flexibility index (Phi) is 7.23. The molecule has 2 N–H and O–H groups in total. The molecule has 3 aliphatic rings. The van der Waals surface area contributed by atoms with E-state index in [0.29, 0.717) is 22.9 Å². The number of carbonyl (C=O) groups is 1. The van der Waals surface area contributed by atoms with Gasteiger partial charge in [0.05, 0.1) is 0 Å². The first-order valence-electron chi connectivity index (χ1n) is 12.6. The number of hydrogen-bond acceptors (Lipinski definition) is 6. The van der Waals surface area contributed by atoms with Crippen LogP contribution in [0.2, 0.25) is 0 Å². The highest BCUT2D eigenvalue weighted by Crippen LogP contribution is 2.33. The van der Waals surface area contributed by atoms with E-state index in [1.165, 1.54) is 12.1 Å². The number of fused-ring (bicyclic) bond motifs is 1. The summed E-state index contributed by atoms with van der Waals surface area (Å²) < 4.78 is 24.0. The summed E-state index contributed by atoms with van der Waals surface area (Å²) in [6, 6.07) is 9.51. The minimum Gasteiger partial charge on any atom is -0.507 e. The molecule has 3 aliphatic heterocycles. The van der Waals surface area contributed by atoms with E-state index in [1.54, 1.807) is 6.08 Å². The number of benzene rings is 2. The quantitative estimate of drug-likeness (QED) is 0.463. The lowest BCUT2D eigenvalue weighted by Gasteiger charge is -2.38. The Morgan fingerprint density at radius 2 is 1.89 bits per heavy atom. The molecule has 190 valence electrons. The summed E-state index contributed by atoms with van der Waals surface area (Å²) in [4.78, 5) is 17.2. The predicted molar refractivity (Wildman–Crippen MR) is 135 cm³/mol. The van der Waals surface area contributed by atoms with Crippen molar-refractivity contribution in [3.63, 3.8) is 0 Å². The molecule has 2 saturated heterocycles. The normalized spacial score (nSPS) is 20.7. The van der Waals surface area contributed by atoms with Gasteiger partial charge in [-0.05, 0) is 80.6 Å². The first kappa shape index (κ1) is 24.3. The van der Waals surface area contributed by atoms with Crippen molar-refractivity contribution in [2.24, 2.45) is 11.8 Å². The van der Waals surface area contributed by atoms with Crippen molar-refractivity contribution in [2.45, 2.75) is 25.7 Å². The molecule has 0 aromatic heterocycles. The number of aromatic hydroxyl groups is 1. The molecule has 1 amide bonds. The minimum atomic E-state index is -0.498. The van der Waals surface area contributed by atoms with Crippen molar-refractivity contribution in [3.8, 4) is 17.2 Å². The van der Waals surface area contributed by atoms with Crippen LogP contribution in [0.25, 0.3) is 6.08 Å². The van der Waals surface area contributed by atoms with Crippen molar-refractivity contribution in [1.82, 2.24) is 9.80 Å². The lowest BCUT2D eigenvalue weighted by atomic mass is 9.87. The number of nitrogens with one attached hydrogen (secondary N) is 1. The third kappa shape index (κ3) is 5.54. The maximum Gasteiger partial charge on any atom is 0.246 e. The number of phenols is 1. The second-order valence-electron chi connectivity index (χ2n) is 9.89. The van der Waals surface area contributed by atoms with Gasteiger partial charge in [-0.1, -0.05) is 6.07 Å². The minimum absolute atomic E-state index is 0.0311. The number of amides is 1. The molecule has 7 nitrogen and oxygen atoms in total. The van der Waals surface area contributed by atoms with Gasteiger partial charge in [0.15, 0.2) is 11.5 Å². The molecule has 1 atom stereocenters. The molecule has 0 spiro atoms. The number of halogens is 1. The number of phenolic OH excluding ortho intramolecular Hbond substituents is 1. The number of carbonyl (C=O) groups excluding carboxylic acids is 1. The zero-order chi connectivity index (χ0) is 25.1. The molecule has 0 bridgehead atoms. The van der Waals surface area contributed by atoms with Crippen LogP contribution in [0.4, 0.5) is 4.39 Å². The van der Waals surface area contributed by atoms with Crippen molar-refractivity contribution in [2.75, 3.05) is 39.5 Å². The Morgan fingerprint density at radius 1 is 1.08 bits per heavy atom. The van der Waals surface area contributed by atoms with Gasteiger partial charge in [0, 0.05) is 49.0 Å². The number of hydrogen-bond donors (Lipinski definition) is 2. The van der Waals surface area contributed by atoms with E-state index in [9.17, 15) is 14.3 Å². The summed E-state index contributed by atoms with van der Waals surface area (Å²) in [6.07, 6.45) is 7.25. The molecule has 2 aromatic carbocycles. The number of nitrogens with zero attached hydrogens (tertiary/aromatic N) is 2. The van der Waals surface area contributed by atoms with Crippen molar-refractivity contribution < 1.29 is 23.8 Å². The van der Waals surface area contributed by atoms with Crippen LogP contribution in [0.3, 0.4) is 0 Å². The van der Waals surface area contributed by atoms with Gasteiger partial charge in [0.1, 0.15) is 11.6 Å². The smallest absolute Gasteiger partial charge is 0.246 e. The fourth-order valence-electron chi connectivity index (χ4n) is 5.43. The standard InChI is InChI=1S/C28H32FN3O4/c29-22-5-6-23(24(33)15-22)28(30)21-9-12-31(13-10-21)16-20-2-1-11-32(17-20)27(34)8-4-19-3-7-25-26(14-19)36-18-35-25/h3-8,14-15,20-21,30,33H,1-2,9-13,16-18H2. The van der Waals surface area contributed by atoms with E-state index in [2.05, 4.69) is 4.90 Å². The number of piperidine rings is 2. The summed E-state index contributed by atoms with van der Waals surface area (Å²) in [7, 11) is 0. The maximum absolute atomic E-state index is 13.3. The van der Waals surface area contributed by atoms with Crippen LogP contribution in [0.15, 0.2) is 42.5 Å². The zero-order valence-electron chi connectivity index (χ0n) is 20.3. The van der Waals surface area contributed by atoms with Crippen molar-refractivity contribution in [3.05, 3.63) is 59.4 Å². The average Bonchev–Trinajstić information content (AvgIpc) is 3.36. The van der Waals surface area contributed by atoms with E-state index in [-0.39, 0.29) is 24.4 Å². The topological polar surface area (TPSA) is 86.1 Å². The van der Waals surface area contributed by atoms with Gasteiger partial charge in [-0.2, -0.15) is 0 Å². The molecule has 2 fully saturated rings. The SMILES string of the molecule is N=C(c1ccc(F)cc1O)C1CCN(CC2CCCN(C(=O)C=Cc3ccc4c(c3)OCO4)C2)CC1. The van der Waals surface area contributed by atoms with Crippen LogP contribution in [-0.2, 0) is 4.79 Å².